The molecule has 1 aliphatic carbocycles. The van der Waals surface area contributed by atoms with E-state index in [0.29, 0.717) is 24.6 Å². The first-order valence-electron chi connectivity index (χ1n) is 6.34. The number of likely N-dealkylation sites (tertiary alicyclic amines) is 1. The van der Waals surface area contributed by atoms with Crippen molar-refractivity contribution in [3.63, 3.8) is 0 Å². The predicted octanol–water partition coefficient (Wildman–Crippen LogP) is 0.776. The summed E-state index contributed by atoms with van der Waals surface area (Å²) in [5, 5.41) is 19.1. The summed E-state index contributed by atoms with van der Waals surface area (Å²) in [7, 11) is 0. The SMILES string of the molecule is O=C(c1ccc(CO)cc1)N1CC(O)(C2CC2)C1. The van der Waals surface area contributed by atoms with Gasteiger partial charge in [0.1, 0.15) is 5.60 Å². The predicted molar refractivity (Wildman–Crippen MR) is 65.9 cm³/mol. The standard InChI is InChI=1S/C14H17NO3/c16-7-10-1-3-11(4-2-10)13(17)15-8-14(18,9-15)12-5-6-12/h1-4,12,16,18H,5-9H2. The third-order valence-corrected chi connectivity index (χ3v) is 3.94. The van der Waals surface area contributed by atoms with Gasteiger partial charge >= 0.3 is 0 Å². The van der Waals surface area contributed by atoms with Crippen molar-refractivity contribution in [1.29, 1.82) is 0 Å². The largest absolute Gasteiger partial charge is 0.392 e. The zero-order valence-corrected chi connectivity index (χ0v) is 10.2. The number of hydrogen-bond acceptors (Lipinski definition) is 3. The maximum Gasteiger partial charge on any atom is 0.254 e. The van der Waals surface area contributed by atoms with E-state index >= 15 is 0 Å². The van der Waals surface area contributed by atoms with Gasteiger partial charge in [-0.25, -0.2) is 0 Å². The highest BCUT2D eigenvalue weighted by atomic mass is 16.3. The van der Waals surface area contributed by atoms with Gasteiger partial charge in [0.2, 0.25) is 0 Å². The van der Waals surface area contributed by atoms with Crippen LogP contribution in [0.3, 0.4) is 0 Å². The summed E-state index contributed by atoms with van der Waals surface area (Å²) >= 11 is 0. The molecule has 2 fully saturated rings. The van der Waals surface area contributed by atoms with Gasteiger partial charge < -0.3 is 15.1 Å². The second-order valence-electron chi connectivity index (χ2n) is 5.39. The maximum absolute atomic E-state index is 12.1. The van der Waals surface area contributed by atoms with Crippen LogP contribution in [-0.4, -0.2) is 39.7 Å². The fraction of sp³-hybridized carbons (Fsp3) is 0.500. The molecular weight excluding hydrogens is 230 g/mol. The zero-order chi connectivity index (χ0) is 12.8. The Bertz CT molecular complexity index is 458. The van der Waals surface area contributed by atoms with Crippen molar-refractivity contribution in [3.8, 4) is 0 Å². The van der Waals surface area contributed by atoms with E-state index in [1.165, 1.54) is 0 Å². The van der Waals surface area contributed by atoms with Crippen LogP contribution in [0.4, 0.5) is 0 Å². The average Bonchev–Trinajstić information content (AvgIpc) is 3.19. The summed E-state index contributed by atoms with van der Waals surface area (Å²) < 4.78 is 0. The van der Waals surface area contributed by atoms with E-state index in [1.807, 2.05) is 0 Å². The molecule has 18 heavy (non-hydrogen) atoms. The summed E-state index contributed by atoms with van der Waals surface area (Å²) in [6.45, 7) is 0.899. The van der Waals surface area contributed by atoms with Crippen molar-refractivity contribution < 1.29 is 15.0 Å². The minimum atomic E-state index is -0.624. The first kappa shape index (κ1) is 11.7. The Hall–Kier alpha value is -1.39. The van der Waals surface area contributed by atoms with Gasteiger partial charge in [0.25, 0.3) is 5.91 Å². The fourth-order valence-electron chi connectivity index (χ4n) is 2.57. The quantitative estimate of drug-likeness (QED) is 0.829. The Morgan fingerprint density at radius 1 is 1.28 bits per heavy atom. The number of amides is 1. The molecule has 4 nitrogen and oxygen atoms in total. The van der Waals surface area contributed by atoms with Crippen LogP contribution in [0.15, 0.2) is 24.3 Å². The minimum Gasteiger partial charge on any atom is -0.392 e. The highest BCUT2D eigenvalue weighted by Gasteiger charge is 2.53. The number of β-amino-alcohol motifs (C(OH)–C–C–N with tert-alkyl or cyclic N) is 1. The monoisotopic (exact) mass is 247 g/mol. The molecule has 96 valence electrons. The Morgan fingerprint density at radius 3 is 2.39 bits per heavy atom. The van der Waals surface area contributed by atoms with Gasteiger partial charge in [-0.05, 0) is 36.5 Å². The molecule has 4 heteroatoms. The summed E-state index contributed by atoms with van der Waals surface area (Å²) in [5.74, 6) is 0.364. The molecule has 3 rings (SSSR count). The van der Waals surface area contributed by atoms with Crippen LogP contribution < -0.4 is 0 Å². The molecule has 1 aromatic rings. The summed E-state index contributed by atoms with van der Waals surface area (Å²) in [4.78, 5) is 13.8. The molecular formula is C14H17NO3. The Labute approximate surface area is 106 Å². The van der Waals surface area contributed by atoms with Crippen molar-refractivity contribution in [1.82, 2.24) is 4.90 Å². The Balaban J connectivity index is 1.64. The highest BCUT2D eigenvalue weighted by molar-refractivity contribution is 5.95. The van der Waals surface area contributed by atoms with Gasteiger partial charge in [0.05, 0.1) is 19.7 Å². The molecule has 0 radical (unpaired) electrons. The molecule has 0 aromatic heterocycles. The molecule has 1 heterocycles. The molecule has 1 aliphatic heterocycles. The number of aliphatic hydroxyl groups is 2. The van der Waals surface area contributed by atoms with Crippen LogP contribution in [0.1, 0.15) is 28.8 Å². The Morgan fingerprint density at radius 2 is 1.89 bits per heavy atom. The number of carbonyl (C=O) groups excluding carboxylic acids is 1. The summed E-state index contributed by atoms with van der Waals surface area (Å²) in [6.07, 6.45) is 2.17. The zero-order valence-electron chi connectivity index (χ0n) is 10.2. The molecule has 1 saturated carbocycles. The van der Waals surface area contributed by atoms with Crippen LogP contribution in [0.25, 0.3) is 0 Å². The van der Waals surface area contributed by atoms with Crippen LogP contribution in [-0.2, 0) is 6.61 Å². The van der Waals surface area contributed by atoms with Crippen LogP contribution in [0.5, 0.6) is 0 Å². The second kappa shape index (κ2) is 4.07. The summed E-state index contributed by atoms with van der Waals surface area (Å²) in [6, 6.07) is 6.95. The van der Waals surface area contributed by atoms with E-state index in [2.05, 4.69) is 0 Å². The van der Waals surface area contributed by atoms with Gasteiger partial charge in [0.15, 0.2) is 0 Å². The van der Waals surface area contributed by atoms with E-state index in [1.54, 1.807) is 29.2 Å². The van der Waals surface area contributed by atoms with Gasteiger partial charge in [-0.3, -0.25) is 4.79 Å². The highest BCUT2D eigenvalue weighted by Crippen LogP contribution is 2.44. The van der Waals surface area contributed by atoms with E-state index in [0.717, 1.165) is 18.4 Å². The van der Waals surface area contributed by atoms with Crippen molar-refractivity contribution in [3.05, 3.63) is 35.4 Å². The van der Waals surface area contributed by atoms with Gasteiger partial charge in [-0.15, -0.1) is 0 Å². The number of aliphatic hydroxyl groups excluding tert-OH is 1. The lowest BCUT2D eigenvalue weighted by Crippen LogP contribution is -2.64. The molecule has 1 aromatic carbocycles. The average molecular weight is 247 g/mol. The number of carbonyl (C=O) groups is 1. The number of hydrogen-bond donors (Lipinski definition) is 2. The van der Waals surface area contributed by atoms with Crippen LogP contribution in [0, 0.1) is 5.92 Å². The lowest BCUT2D eigenvalue weighted by Gasteiger charge is -2.47. The first-order chi connectivity index (χ1) is 8.62. The van der Waals surface area contributed by atoms with Crippen LogP contribution >= 0.6 is 0 Å². The second-order valence-corrected chi connectivity index (χ2v) is 5.39. The van der Waals surface area contributed by atoms with Gasteiger partial charge in [-0.2, -0.15) is 0 Å². The molecule has 0 atom stereocenters. The van der Waals surface area contributed by atoms with Crippen molar-refractivity contribution >= 4 is 5.91 Å². The smallest absolute Gasteiger partial charge is 0.254 e. The van der Waals surface area contributed by atoms with Gasteiger partial charge in [0, 0.05) is 5.56 Å². The number of nitrogens with zero attached hydrogens (tertiary/aromatic N) is 1. The Kier molecular flexibility index (Phi) is 2.64. The van der Waals surface area contributed by atoms with E-state index in [9.17, 15) is 9.90 Å². The van der Waals surface area contributed by atoms with E-state index < -0.39 is 5.60 Å². The maximum atomic E-state index is 12.1. The van der Waals surface area contributed by atoms with E-state index in [-0.39, 0.29) is 12.5 Å². The minimum absolute atomic E-state index is 0.0143. The van der Waals surface area contributed by atoms with E-state index in [4.69, 9.17) is 5.11 Å². The third-order valence-electron chi connectivity index (χ3n) is 3.94. The summed E-state index contributed by atoms with van der Waals surface area (Å²) in [5.41, 5.74) is 0.787. The first-order valence-corrected chi connectivity index (χ1v) is 6.34. The third kappa shape index (κ3) is 1.91. The fourth-order valence-corrected chi connectivity index (χ4v) is 2.57. The van der Waals surface area contributed by atoms with Gasteiger partial charge in [-0.1, -0.05) is 12.1 Å². The molecule has 1 amide bonds. The lowest BCUT2D eigenvalue weighted by atomic mass is 9.88. The van der Waals surface area contributed by atoms with Crippen LogP contribution in [0.2, 0.25) is 0 Å². The number of benzene rings is 1. The molecule has 2 aliphatic rings. The normalized spacial score (nSPS) is 21.6. The number of rotatable bonds is 3. The van der Waals surface area contributed by atoms with Crippen molar-refractivity contribution in [2.75, 3.05) is 13.1 Å². The molecule has 0 unspecified atom stereocenters. The molecule has 0 spiro atoms. The molecule has 1 saturated heterocycles. The molecule has 2 N–H and O–H groups in total. The van der Waals surface area contributed by atoms with Crippen molar-refractivity contribution in [2.45, 2.75) is 25.0 Å². The van der Waals surface area contributed by atoms with Crippen molar-refractivity contribution in [2.24, 2.45) is 5.92 Å². The lowest BCUT2D eigenvalue weighted by molar-refractivity contribution is -0.0958. The molecule has 0 bridgehead atoms. The topological polar surface area (TPSA) is 60.8 Å².